The van der Waals surface area contributed by atoms with E-state index < -0.39 is 0 Å². The Hall–Kier alpha value is -0.370. The van der Waals surface area contributed by atoms with E-state index in [2.05, 4.69) is 25.8 Å². The second-order valence-corrected chi connectivity index (χ2v) is 4.09. The van der Waals surface area contributed by atoms with Crippen LogP contribution in [0.2, 0.25) is 0 Å². The number of ketones is 1. The lowest BCUT2D eigenvalue weighted by Gasteiger charge is -2.23. The average Bonchev–Trinajstić information content (AvgIpc) is 2.36. The van der Waals surface area contributed by atoms with Crippen molar-refractivity contribution in [2.24, 2.45) is 5.92 Å². The molecule has 0 radical (unpaired) electrons. The lowest BCUT2D eigenvalue weighted by molar-refractivity contribution is -0.121. The van der Waals surface area contributed by atoms with E-state index >= 15 is 0 Å². The maximum atomic E-state index is 11.3. The van der Waals surface area contributed by atoms with Gasteiger partial charge in [0, 0.05) is 24.9 Å². The fourth-order valence-electron chi connectivity index (χ4n) is 1.64. The Labute approximate surface area is 74.9 Å². The summed E-state index contributed by atoms with van der Waals surface area (Å²) in [6.45, 7) is 5.29. The van der Waals surface area contributed by atoms with E-state index in [9.17, 15) is 4.79 Å². The maximum Gasteiger partial charge on any atom is 0.137 e. The van der Waals surface area contributed by atoms with Gasteiger partial charge in [0.1, 0.15) is 5.78 Å². The van der Waals surface area contributed by atoms with E-state index in [1.54, 1.807) is 0 Å². The SMILES string of the molecule is CC(C)N(C)CC1CCCC1=O. The zero-order valence-corrected chi connectivity index (χ0v) is 8.34. The summed E-state index contributed by atoms with van der Waals surface area (Å²) in [6.07, 6.45) is 3.03. The van der Waals surface area contributed by atoms with Crippen molar-refractivity contribution < 1.29 is 4.79 Å². The lowest BCUT2D eigenvalue weighted by atomic mass is 10.1. The van der Waals surface area contributed by atoms with Crippen LogP contribution in [0, 0.1) is 5.92 Å². The number of carbonyl (C=O) groups excluding carboxylic acids is 1. The van der Waals surface area contributed by atoms with E-state index in [0.29, 0.717) is 17.7 Å². The van der Waals surface area contributed by atoms with Gasteiger partial charge in [0.2, 0.25) is 0 Å². The largest absolute Gasteiger partial charge is 0.303 e. The first-order chi connectivity index (χ1) is 5.61. The van der Waals surface area contributed by atoms with Crippen LogP contribution in [0.25, 0.3) is 0 Å². The Bertz CT molecular complexity index is 165. The number of carbonyl (C=O) groups is 1. The molecule has 1 rings (SSSR count). The van der Waals surface area contributed by atoms with Gasteiger partial charge in [0.25, 0.3) is 0 Å². The first-order valence-electron chi connectivity index (χ1n) is 4.84. The maximum absolute atomic E-state index is 11.3. The Morgan fingerprint density at radius 3 is 2.67 bits per heavy atom. The van der Waals surface area contributed by atoms with Crippen molar-refractivity contribution in [2.45, 2.75) is 39.2 Å². The number of hydrogen-bond acceptors (Lipinski definition) is 2. The van der Waals surface area contributed by atoms with Gasteiger partial charge in [0.05, 0.1) is 0 Å². The molecular weight excluding hydrogens is 150 g/mol. The molecule has 1 atom stereocenters. The van der Waals surface area contributed by atoms with E-state index in [1.807, 2.05) is 0 Å². The highest BCUT2D eigenvalue weighted by atomic mass is 16.1. The van der Waals surface area contributed by atoms with Crippen LogP contribution in [0.4, 0.5) is 0 Å². The van der Waals surface area contributed by atoms with Crippen molar-refractivity contribution in [1.82, 2.24) is 4.90 Å². The highest BCUT2D eigenvalue weighted by Gasteiger charge is 2.25. The summed E-state index contributed by atoms with van der Waals surface area (Å²) in [5, 5.41) is 0. The highest BCUT2D eigenvalue weighted by Crippen LogP contribution is 2.22. The van der Waals surface area contributed by atoms with Gasteiger partial charge in [-0.1, -0.05) is 0 Å². The Kier molecular flexibility index (Phi) is 3.27. The van der Waals surface area contributed by atoms with Gasteiger partial charge in [-0.15, -0.1) is 0 Å². The molecule has 2 heteroatoms. The third-order valence-electron chi connectivity index (χ3n) is 2.82. The van der Waals surface area contributed by atoms with Crippen LogP contribution in [0.1, 0.15) is 33.1 Å². The monoisotopic (exact) mass is 169 g/mol. The summed E-state index contributed by atoms with van der Waals surface area (Å²) in [4.78, 5) is 13.6. The predicted octanol–water partition coefficient (Wildman–Crippen LogP) is 1.70. The van der Waals surface area contributed by atoms with Gasteiger partial charge in [-0.05, 0) is 33.7 Å². The zero-order valence-electron chi connectivity index (χ0n) is 8.34. The number of rotatable bonds is 3. The van der Waals surface area contributed by atoms with Gasteiger partial charge < -0.3 is 4.90 Å². The van der Waals surface area contributed by atoms with Gasteiger partial charge in [-0.2, -0.15) is 0 Å². The van der Waals surface area contributed by atoms with E-state index in [-0.39, 0.29) is 0 Å². The molecule has 12 heavy (non-hydrogen) atoms. The minimum absolute atomic E-state index is 0.331. The first kappa shape index (κ1) is 9.72. The highest BCUT2D eigenvalue weighted by molar-refractivity contribution is 5.83. The standard InChI is InChI=1S/C10H19NO/c1-8(2)11(3)7-9-5-4-6-10(9)12/h8-9H,4-7H2,1-3H3. The van der Waals surface area contributed by atoms with Crippen molar-refractivity contribution in [3.63, 3.8) is 0 Å². The van der Waals surface area contributed by atoms with Crippen molar-refractivity contribution in [3.8, 4) is 0 Å². The molecule has 0 aromatic carbocycles. The Morgan fingerprint density at radius 2 is 2.25 bits per heavy atom. The molecule has 0 bridgehead atoms. The third kappa shape index (κ3) is 2.31. The number of nitrogens with zero attached hydrogens (tertiary/aromatic N) is 1. The zero-order chi connectivity index (χ0) is 9.14. The van der Waals surface area contributed by atoms with Gasteiger partial charge >= 0.3 is 0 Å². The minimum Gasteiger partial charge on any atom is -0.303 e. The molecular formula is C10H19NO. The molecule has 0 amide bonds. The van der Waals surface area contributed by atoms with Crippen LogP contribution in [0.5, 0.6) is 0 Å². The van der Waals surface area contributed by atoms with Crippen LogP contribution in [-0.2, 0) is 4.79 Å². The normalized spacial score (nSPS) is 24.4. The van der Waals surface area contributed by atoms with Gasteiger partial charge in [-0.3, -0.25) is 4.79 Å². The molecule has 0 spiro atoms. The van der Waals surface area contributed by atoms with Crippen molar-refractivity contribution in [3.05, 3.63) is 0 Å². The molecule has 70 valence electrons. The lowest BCUT2D eigenvalue weighted by Crippen LogP contribution is -2.32. The van der Waals surface area contributed by atoms with Crippen LogP contribution < -0.4 is 0 Å². The average molecular weight is 169 g/mol. The molecule has 2 nitrogen and oxygen atoms in total. The van der Waals surface area contributed by atoms with Crippen molar-refractivity contribution in [2.75, 3.05) is 13.6 Å². The first-order valence-corrected chi connectivity index (χ1v) is 4.84. The fourth-order valence-corrected chi connectivity index (χ4v) is 1.64. The van der Waals surface area contributed by atoms with Gasteiger partial charge in [-0.25, -0.2) is 0 Å². The molecule has 0 aromatic rings. The van der Waals surface area contributed by atoms with Crippen LogP contribution in [0.3, 0.4) is 0 Å². The van der Waals surface area contributed by atoms with Crippen LogP contribution in [0.15, 0.2) is 0 Å². The molecule has 0 aromatic heterocycles. The molecule has 1 saturated carbocycles. The van der Waals surface area contributed by atoms with Crippen LogP contribution in [-0.4, -0.2) is 30.3 Å². The van der Waals surface area contributed by atoms with E-state index in [0.717, 1.165) is 25.8 Å². The van der Waals surface area contributed by atoms with Crippen LogP contribution >= 0.6 is 0 Å². The molecule has 0 N–H and O–H groups in total. The Balaban J connectivity index is 2.35. The summed E-state index contributed by atoms with van der Waals surface area (Å²) in [6, 6.07) is 0.554. The second-order valence-electron chi connectivity index (χ2n) is 4.09. The second kappa shape index (κ2) is 4.04. The summed E-state index contributed by atoms with van der Waals surface area (Å²) in [5.74, 6) is 0.805. The molecule has 0 aliphatic heterocycles. The smallest absolute Gasteiger partial charge is 0.137 e. The molecule has 1 aliphatic rings. The van der Waals surface area contributed by atoms with Crippen molar-refractivity contribution in [1.29, 1.82) is 0 Å². The summed E-state index contributed by atoms with van der Waals surface area (Å²) >= 11 is 0. The number of Topliss-reactive ketones (excluding diaryl/α,β-unsaturated/α-hetero) is 1. The molecule has 1 fully saturated rings. The topological polar surface area (TPSA) is 20.3 Å². The Morgan fingerprint density at radius 1 is 1.58 bits per heavy atom. The predicted molar refractivity (Wildman–Crippen MR) is 50.1 cm³/mol. The number of hydrogen-bond donors (Lipinski definition) is 0. The fraction of sp³-hybridized carbons (Fsp3) is 0.900. The third-order valence-corrected chi connectivity index (χ3v) is 2.82. The summed E-state index contributed by atoms with van der Waals surface area (Å²) < 4.78 is 0. The summed E-state index contributed by atoms with van der Waals surface area (Å²) in [7, 11) is 2.09. The summed E-state index contributed by atoms with van der Waals surface area (Å²) in [5.41, 5.74) is 0. The quantitative estimate of drug-likeness (QED) is 0.641. The van der Waals surface area contributed by atoms with E-state index in [1.165, 1.54) is 0 Å². The van der Waals surface area contributed by atoms with Crippen molar-refractivity contribution >= 4 is 5.78 Å². The van der Waals surface area contributed by atoms with E-state index in [4.69, 9.17) is 0 Å². The van der Waals surface area contributed by atoms with Gasteiger partial charge in [0.15, 0.2) is 0 Å². The molecule has 1 aliphatic carbocycles. The molecule has 1 unspecified atom stereocenters. The minimum atomic E-state index is 0.331. The molecule has 0 heterocycles. The molecule has 0 saturated heterocycles.